The Hall–Kier alpha value is -5.18. The highest BCUT2D eigenvalue weighted by atomic mass is 31.2. The predicted octanol–water partition coefficient (Wildman–Crippen LogP) is 10.8. The molecule has 2 saturated heterocycles. The molecule has 17 nitrogen and oxygen atoms in total. The first-order valence-electron chi connectivity index (χ1n) is 28.4. The van der Waals surface area contributed by atoms with Crippen LogP contribution in [0.4, 0.5) is 0 Å². The number of methoxy groups -OCH3 is 2. The molecule has 79 heavy (non-hydrogen) atoms. The second kappa shape index (κ2) is 33.5. The van der Waals surface area contributed by atoms with Crippen molar-refractivity contribution in [2.24, 2.45) is 11.8 Å². The molecule has 2 aliphatic rings. The standard InChI is InChI=1S/C61H89N4O13P/c1-43(2)65(44(3)4)79(75-39-23-36-62)78-55-40-64(37-35-49(55)41-74-61(50-24-19-18-20-25-50,51-27-31-53(70-9)32-28-51)52-29-33-54(71-10)34-30-52)57(69)26-21-16-14-12-11-13-15-17-22-38-72-60-58(63-46(6)66)59(76-48(8)68)45(5)56(77-60)42-73-47(7)67/h18-20,24-25,27-34,43-45,49,55-56,58-60H,11-17,21-23,26,35,37-42H2,1-10H3,(H,63,66)/t45?,49-,55+,56?,58?,59?,60?,79?/m0/s1. The Kier molecular flexibility index (Phi) is 27.4. The van der Waals surface area contributed by atoms with E-state index in [9.17, 15) is 24.4 Å². The number of hydrogen-bond donors (Lipinski definition) is 1. The Labute approximate surface area is 471 Å². The summed E-state index contributed by atoms with van der Waals surface area (Å²) in [6, 6.07) is 27.9. The number of nitrogens with zero attached hydrogens (tertiary/aromatic N) is 3. The fourth-order valence-corrected chi connectivity index (χ4v) is 12.3. The summed E-state index contributed by atoms with van der Waals surface area (Å²) in [6.45, 7) is 16.2. The number of carbonyl (C=O) groups is 4. The van der Waals surface area contributed by atoms with Gasteiger partial charge in [-0.1, -0.05) is 106 Å². The number of nitriles is 1. The minimum Gasteiger partial charge on any atom is -0.497 e. The molecule has 0 bridgehead atoms. The van der Waals surface area contributed by atoms with Gasteiger partial charge in [-0.3, -0.25) is 19.2 Å². The second-order valence-electron chi connectivity index (χ2n) is 21.2. The van der Waals surface area contributed by atoms with Crippen molar-refractivity contribution in [1.82, 2.24) is 14.9 Å². The van der Waals surface area contributed by atoms with Crippen LogP contribution >= 0.6 is 8.53 Å². The summed E-state index contributed by atoms with van der Waals surface area (Å²) in [5, 5.41) is 12.3. The summed E-state index contributed by atoms with van der Waals surface area (Å²) in [7, 11) is 1.70. The van der Waals surface area contributed by atoms with Gasteiger partial charge >= 0.3 is 11.9 Å². The number of amides is 2. The Balaban J connectivity index is 1.18. The zero-order valence-electron chi connectivity index (χ0n) is 48.5. The van der Waals surface area contributed by atoms with E-state index < -0.39 is 56.7 Å². The van der Waals surface area contributed by atoms with Crippen LogP contribution in [0.25, 0.3) is 0 Å². The average Bonchev–Trinajstić information content (AvgIpc) is 3.56. The summed E-state index contributed by atoms with van der Waals surface area (Å²) < 4.78 is 57.7. The van der Waals surface area contributed by atoms with Crippen LogP contribution in [0.15, 0.2) is 78.9 Å². The molecule has 2 aliphatic heterocycles. The minimum atomic E-state index is -1.62. The first-order chi connectivity index (χ1) is 38.0. The molecule has 0 radical (unpaired) electrons. The van der Waals surface area contributed by atoms with E-state index in [0.29, 0.717) is 39.1 Å². The smallest absolute Gasteiger partial charge is 0.302 e. The number of esters is 2. The van der Waals surface area contributed by atoms with Crippen molar-refractivity contribution >= 4 is 32.3 Å². The number of ether oxygens (including phenoxy) is 7. The number of unbranched alkanes of at least 4 members (excludes halogenated alkanes) is 8. The maximum Gasteiger partial charge on any atom is 0.302 e. The lowest BCUT2D eigenvalue weighted by molar-refractivity contribution is -0.260. The van der Waals surface area contributed by atoms with Crippen molar-refractivity contribution < 1.29 is 61.4 Å². The van der Waals surface area contributed by atoms with Gasteiger partial charge in [0.1, 0.15) is 42.0 Å². The third-order valence-electron chi connectivity index (χ3n) is 14.6. The third kappa shape index (κ3) is 19.5. The summed E-state index contributed by atoms with van der Waals surface area (Å²) >= 11 is 0. The van der Waals surface area contributed by atoms with Gasteiger partial charge < -0.3 is 52.4 Å². The summed E-state index contributed by atoms with van der Waals surface area (Å²) in [5.74, 6) is -0.156. The van der Waals surface area contributed by atoms with Crippen LogP contribution in [0.3, 0.4) is 0 Å². The first-order valence-corrected chi connectivity index (χ1v) is 29.5. The third-order valence-corrected chi connectivity index (χ3v) is 16.8. The lowest BCUT2D eigenvalue weighted by atomic mass is 9.79. The number of rotatable bonds is 33. The van der Waals surface area contributed by atoms with Crippen LogP contribution in [0, 0.1) is 23.2 Å². The molecule has 0 saturated carbocycles. The number of likely N-dealkylation sites (tertiary alicyclic amines) is 1. The van der Waals surface area contributed by atoms with Crippen LogP contribution < -0.4 is 14.8 Å². The molecule has 0 spiro atoms. The number of nitrogens with one attached hydrogen (secondary N) is 1. The molecule has 0 aliphatic carbocycles. The number of benzene rings is 3. The minimum absolute atomic E-state index is 0.0279. The Morgan fingerprint density at radius 1 is 0.772 bits per heavy atom. The molecule has 5 rings (SSSR count). The Bertz CT molecular complexity index is 2280. The van der Waals surface area contributed by atoms with E-state index in [0.717, 1.165) is 86.0 Å². The van der Waals surface area contributed by atoms with Crippen molar-refractivity contribution in [3.05, 3.63) is 95.6 Å². The van der Waals surface area contributed by atoms with Gasteiger partial charge in [-0.25, -0.2) is 4.67 Å². The molecule has 3 aromatic rings. The predicted molar refractivity (Wildman–Crippen MR) is 303 cm³/mol. The van der Waals surface area contributed by atoms with Crippen LogP contribution in [0.5, 0.6) is 11.5 Å². The van der Waals surface area contributed by atoms with Crippen molar-refractivity contribution in [2.45, 2.75) is 181 Å². The highest BCUT2D eigenvalue weighted by Crippen LogP contribution is 2.50. The van der Waals surface area contributed by atoms with E-state index >= 15 is 0 Å². The van der Waals surface area contributed by atoms with Gasteiger partial charge in [0.25, 0.3) is 8.53 Å². The summed E-state index contributed by atoms with van der Waals surface area (Å²) in [4.78, 5) is 51.9. The van der Waals surface area contributed by atoms with Gasteiger partial charge in [0, 0.05) is 70.8 Å². The molecule has 2 fully saturated rings. The normalized spacial score (nSPS) is 20.9. The monoisotopic (exact) mass is 1120 g/mol. The lowest BCUT2D eigenvalue weighted by Gasteiger charge is -2.44. The van der Waals surface area contributed by atoms with Gasteiger partial charge in [0.2, 0.25) is 11.8 Å². The quantitative estimate of drug-likeness (QED) is 0.0262. The van der Waals surface area contributed by atoms with E-state index in [1.165, 1.54) is 20.8 Å². The van der Waals surface area contributed by atoms with Gasteiger partial charge in [0.15, 0.2) is 6.29 Å². The zero-order valence-corrected chi connectivity index (χ0v) is 49.4. The largest absolute Gasteiger partial charge is 0.497 e. The molecule has 1 N–H and O–H groups in total. The average molecular weight is 1120 g/mol. The molecule has 6 unspecified atom stereocenters. The molecule has 2 amide bonds. The lowest BCUT2D eigenvalue weighted by Crippen LogP contribution is -2.63. The van der Waals surface area contributed by atoms with Gasteiger partial charge in [-0.05, 0) is 87.9 Å². The maximum atomic E-state index is 14.1. The molecule has 8 atom stereocenters. The fraction of sp³-hybridized carbons (Fsp3) is 0.623. The van der Waals surface area contributed by atoms with Crippen molar-refractivity contribution in [2.75, 3.05) is 53.7 Å². The van der Waals surface area contributed by atoms with Gasteiger partial charge in [-0.2, -0.15) is 5.26 Å². The number of hydrogen-bond acceptors (Lipinski definition) is 15. The van der Waals surface area contributed by atoms with E-state index in [2.05, 4.69) is 80.1 Å². The van der Waals surface area contributed by atoms with E-state index in [4.69, 9.17) is 42.2 Å². The maximum absolute atomic E-state index is 14.1. The van der Waals surface area contributed by atoms with Crippen LogP contribution in [-0.4, -0.2) is 130 Å². The van der Waals surface area contributed by atoms with Crippen LogP contribution in [0.2, 0.25) is 0 Å². The highest BCUT2D eigenvalue weighted by Gasteiger charge is 2.48. The van der Waals surface area contributed by atoms with Gasteiger partial charge in [-0.15, -0.1) is 0 Å². The molecule has 436 valence electrons. The molecular formula is C61H89N4O13P. The zero-order chi connectivity index (χ0) is 57.3. The Morgan fingerprint density at radius 2 is 1.34 bits per heavy atom. The van der Waals surface area contributed by atoms with Crippen LogP contribution in [0.1, 0.15) is 149 Å². The molecule has 2 heterocycles. The Morgan fingerprint density at radius 3 is 1.87 bits per heavy atom. The highest BCUT2D eigenvalue weighted by molar-refractivity contribution is 7.44. The number of carbonyl (C=O) groups excluding carboxylic acids is 4. The van der Waals surface area contributed by atoms with Crippen molar-refractivity contribution in [1.29, 1.82) is 5.26 Å². The fourth-order valence-electron chi connectivity index (χ4n) is 10.6. The summed E-state index contributed by atoms with van der Waals surface area (Å²) in [5.41, 5.74) is 1.78. The second-order valence-corrected chi connectivity index (χ2v) is 22.6. The number of piperidine rings is 1. The molecule has 3 aromatic carbocycles. The molecular weight excluding hydrogens is 1030 g/mol. The molecule has 18 heteroatoms. The van der Waals surface area contributed by atoms with Crippen molar-refractivity contribution in [3.63, 3.8) is 0 Å². The van der Waals surface area contributed by atoms with Crippen molar-refractivity contribution in [3.8, 4) is 17.6 Å². The van der Waals surface area contributed by atoms with E-state index in [1.807, 2.05) is 54.3 Å². The molecule has 0 aromatic heterocycles. The topological polar surface area (TPSA) is 194 Å². The first kappa shape index (κ1) is 64.6. The SMILES string of the molecule is COc1ccc(C(OC[C@@H]2CCN(C(=O)CCCCCCCCCCCOC3OC(COC(C)=O)C(C)C(OC(C)=O)C3NC(C)=O)C[C@H]2OP(OCCC#N)N(C(C)C)C(C)C)(c2ccccc2)c2ccc(OC)cc2)cc1. The van der Waals surface area contributed by atoms with E-state index in [1.54, 1.807) is 14.2 Å². The van der Waals surface area contributed by atoms with E-state index in [-0.39, 0.29) is 55.4 Å². The van der Waals surface area contributed by atoms with Crippen LogP contribution in [-0.2, 0) is 57.5 Å². The van der Waals surface area contributed by atoms with Gasteiger partial charge in [0.05, 0.1) is 46.0 Å². The summed E-state index contributed by atoms with van der Waals surface area (Å²) in [6.07, 6.45) is 7.51.